The van der Waals surface area contributed by atoms with Crippen LogP contribution in [0.5, 0.6) is 23.0 Å². The van der Waals surface area contributed by atoms with E-state index in [2.05, 4.69) is 27.7 Å². The van der Waals surface area contributed by atoms with Crippen molar-refractivity contribution in [2.75, 3.05) is 47.5 Å². The smallest absolute Gasteiger partial charge is 0.335 e. The number of aromatic hydroxyl groups is 1. The minimum absolute atomic E-state index is 0.0211. The van der Waals surface area contributed by atoms with Crippen LogP contribution in [0.2, 0.25) is 0 Å². The van der Waals surface area contributed by atoms with E-state index in [9.17, 15) is 34.5 Å². The predicted octanol–water partition coefficient (Wildman–Crippen LogP) is 9.17. The lowest BCUT2D eigenvalue weighted by Crippen LogP contribution is -2.43. The Hall–Kier alpha value is -6.04. The number of rotatable bonds is 13. The molecule has 2 amide bonds. The summed E-state index contributed by atoms with van der Waals surface area (Å²) in [6.07, 6.45) is 2.65. The van der Waals surface area contributed by atoms with Crippen LogP contribution in [-0.4, -0.2) is 96.4 Å². The average Bonchev–Trinajstić information content (AvgIpc) is 3.24. The molecule has 2 unspecified atom stereocenters. The SMILES string of the molecule is COc1cc(C)cc(O)c1C(CC(=O)N1C[C@H](C)C[C@H](C)C1)c1ccc(C(=O)O)cc1.COc1cc(C)cc(OC)c1C(CC(=O)N1C[C@H](C)C[C@H](C)C1)c1ccc(C(=O)O)cc1. The van der Waals surface area contributed by atoms with Crippen LogP contribution in [0.1, 0.15) is 119 Å². The molecule has 2 heterocycles. The minimum atomic E-state index is -1.01. The molecule has 0 saturated carbocycles. The first kappa shape index (κ1) is 48.0. The van der Waals surface area contributed by atoms with Crippen LogP contribution in [0.3, 0.4) is 0 Å². The second-order valence-corrected chi connectivity index (χ2v) is 17.8. The highest BCUT2D eigenvalue weighted by Gasteiger charge is 2.33. The second-order valence-electron chi connectivity index (χ2n) is 17.8. The normalized spacial score (nSPS) is 19.5. The van der Waals surface area contributed by atoms with Crippen LogP contribution in [0.4, 0.5) is 0 Å². The summed E-state index contributed by atoms with van der Waals surface area (Å²) < 4.78 is 16.9. The lowest BCUT2D eigenvalue weighted by molar-refractivity contribution is -0.134. The number of methoxy groups -OCH3 is 3. The second kappa shape index (κ2) is 21.4. The van der Waals surface area contributed by atoms with Crippen LogP contribution >= 0.6 is 0 Å². The van der Waals surface area contributed by atoms with Gasteiger partial charge in [0.25, 0.3) is 0 Å². The lowest BCUT2D eigenvalue weighted by Gasteiger charge is -2.36. The van der Waals surface area contributed by atoms with Crippen molar-refractivity contribution in [1.29, 1.82) is 0 Å². The van der Waals surface area contributed by atoms with Crippen LogP contribution in [0, 0.1) is 37.5 Å². The van der Waals surface area contributed by atoms with Crippen LogP contribution in [0.25, 0.3) is 0 Å². The monoisotopic (exact) mass is 864 g/mol. The van der Waals surface area contributed by atoms with Gasteiger partial charge in [-0.2, -0.15) is 0 Å². The van der Waals surface area contributed by atoms with Gasteiger partial charge in [-0.3, -0.25) is 9.59 Å². The van der Waals surface area contributed by atoms with E-state index in [0.29, 0.717) is 46.5 Å². The number of phenolic OH excluding ortho intramolecular Hbond substituents is 1. The molecule has 0 spiro atoms. The summed E-state index contributed by atoms with van der Waals surface area (Å²) in [4.78, 5) is 53.2. The van der Waals surface area contributed by atoms with E-state index in [4.69, 9.17) is 14.2 Å². The molecular weight excluding hydrogens is 801 g/mol. The van der Waals surface area contributed by atoms with Crippen molar-refractivity contribution in [1.82, 2.24) is 9.80 Å². The molecule has 6 atom stereocenters. The topological polar surface area (TPSA) is 163 Å². The number of piperidine rings is 2. The Kier molecular flexibility index (Phi) is 16.3. The van der Waals surface area contributed by atoms with E-state index in [1.54, 1.807) is 56.7 Å². The Bertz CT molecular complexity index is 2190. The molecule has 2 saturated heterocycles. The van der Waals surface area contributed by atoms with E-state index < -0.39 is 17.9 Å². The lowest BCUT2D eigenvalue weighted by atomic mass is 9.85. The summed E-state index contributed by atoms with van der Waals surface area (Å²) in [5.41, 5.74) is 5.18. The molecule has 2 aliphatic heterocycles. The zero-order valence-corrected chi connectivity index (χ0v) is 38.1. The average molecular weight is 865 g/mol. The molecule has 4 aromatic carbocycles. The van der Waals surface area contributed by atoms with Gasteiger partial charge in [0.05, 0.1) is 32.5 Å². The van der Waals surface area contributed by atoms with Crippen molar-refractivity contribution in [3.05, 3.63) is 117 Å². The maximum absolute atomic E-state index is 13.4. The number of nitrogens with zero attached hydrogens (tertiary/aromatic N) is 2. The fourth-order valence-corrected chi connectivity index (χ4v) is 9.51. The molecular formula is C51H64N2O10. The number of hydrogen-bond donors (Lipinski definition) is 3. The quantitative estimate of drug-likeness (QED) is 0.118. The minimum Gasteiger partial charge on any atom is -0.507 e. The van der Waals surface area contributed by atoms with Gasteiger partial charge in [0, 0.05) is 62.0 Å². The Morgan fingerprint density at radius 3 is 1.21 bits per heavy atom. The number of ether oxygens (including phenoxy) is 3. The van der Waals surface area contributed by atoms with Gasteiger partial charge in [0.15, 0.2) is 0 Å². The highest BCUT2D eigenvalue weighted by molar-refractivity contribution is 5.88. The Morgan fingerprint density at radius 1 is 0.556 bits per heavy atom. The summed E-state index contributed by atoms with van der Waals surface area (Å²) in [6.45, 7) is 15.5. The third-order valence-corrected chi connectivity index (χ3v) is 12.2. The largest absolute Gasteiger partial charge is 0.507 e. The number of amides is 2. The van der Waals surface area contributed by atoms with Gasteiger partial charge in [0.1, 0.15) is 23.0 Å². The van der Waals surface area contributed by atoms with Crippen molar-refractivity contribution in [3.63, 3.8) is 0 Å². The van der Waals surface area contributed by atoms with Gasteiger partial charge >= 0.3 is 11.9 Å². The van der Waals surface area contributed by atoms with Crippen molar-refractivity contribution < 1.29 is 48.7 Å². The number of aryl methyl sites for hydroxylation is 2. The van der Waals surface area contributed by atoms with Gasteiger partial charge in [-0.05, 0) is 121 Å². The molecule has 338 valence electrons. The highest BCUT2D eigenvalue weighted by Crippen LogP contribution is 2.44. The highest BCUT2D eigenvalue weighted by atomic mass is 16.5. The van der Waals surface area contributed by atoms with E-state index >= 15 is 0 Å². The summed E-state index contributed by atoms with van der Waals surface area (Å²) in [5, 5.41) is 29.3. The molecule has 12 heteroatoms. The number of likely N-dealkylation sites (tertiary alicyclic amines) is 2. The molecule has 0 aliphatic carbocycles. The number of benzene rings is 4. The maximum atomic E-state index is 13.4. The van der Waals surface area contributed by atoms with E-state index in [1.807, 2.05) is 41.8 Å². The molecule has 2 fully saturated rings. The maximum Gasteiger partial charge on any atom is 0.335 e. The first-order valence-electron chi connectivity index (χ1n) is 21.7. The van der Waals surface area contributed by atoms with E-state index in [0.717, 1.165) is 66.8 Å². The van der Waals surface area contributed by atoms with Crippen molar-refractivity contribution in [3.8, 4) is 23.0 Å². The standard InChI is InChI=1S/C26H33NO5.C25H31NO5/c1-16-11-22(31-4)25(23(12-16)32-5)21(19-6-8-20(9-7-19)26(29)30)13-24(28)27-14-17(2)10-18(3)15-27;1-15-10-21(27)24(22(11-15)31-4)20(18-5-7-19(8-6-18)25(29)30)12-23(28)26-13-16(2)9-17(3)14-26/h6-9,11-12,17-18,21H,10,13-15H2,1-5H3,(H,29,30);5-8,10-11,16-17,20,27H,9,12-14H2,1-4H3,(H,29,30)/t17-,18+,21?;16-,17+,20?. The molecule has 0 aromatic heterocycles. The van der Waals surface area contributed by atoms with Gasteiger partial charge in [-0.1, -0.05) is 52.0 Å². The number of carboxylic acids is 2. The van der Waals surface area contributed by atoms with Crippen molar-refractivity contribution >= 4 is 23.8 Å². The number of hydrogen-bond acceptors (Lipinski definition) is 8. The fraction of sp³-hybridized carbons (Fsp3) is 0.451. The van der Waals surface area contributed by atoms with Gasteiger partial charge < -0.3 is 39.3 Å². The Morgan fingerprint density at radius 2 is 0.873 bits per heavy atom. The summed E-state index contributed by atoms with van der Waals surface area (Å²) in [5.74, 6) is 1.05. The molecule has 12 nitrogen and oxygen atoms in total. The Balaban J connectivity index is 0.000000238. The third-order valence-electron chi connectivity index (χ3n) is 12.2. The van der Waals surface area contributed by atoms with Crippen LogP contribution in [0.15, 0.2) is 72.8 Å². The fourth-order valence-electron chi connectivity index (χ4n) is 9.51. The van der Waals surface area contributed by atoms with Gasteiger partial charge in [0.2, 0.25) is 11.8 Å². The molecule has 63 heavy (non-hydrogen) atoms. The van der Waals surface area contributed by atoms with Gasteiger partial charge in [-0.25, -0.2) is 9.59 Å². The van der Waals surface area contributed by atoms with E-state index in [-0.39, 0.29) is 47.5 Å². The first-order valence-corrected chi connectivity index (χ1v) is 21.7. The van der Waals surface area contributed by atoms with E-state index in [1.165, 1.54) is 19.2 Å². The van der Waals surface area contributed by atoms with Gasteiger partial charge in [-0.15, -0.1) is 0 Å². The zero-order valence-electron chi connectivity index (χ0n) is 38.1. The Labute approximate surface area is 371 Å². The number of carbonyl (C=O) groups excluding carboxylic acids is 2. The number of carboxylic acid groups (broad SMARTS) is 2. The molecule has 0 radical (unpaired) electrons. The third kappa shape index (κ3) is 12.1. The zero-order chi connectivity index (χ0) is 46.1. The summed E-state index contributed by atoms with van der Waals surface area (Å²) in [7, 11) is 4.76. The van der Waals surface area contributed by atoms with Crippen LogP contribution < -0.4 is 14.2 Å². The molecule has 6 rings (SSSR count). The van der Waals surface area contributed by atoms with Crippen molar-refractivity contribution in [2.45, 2.75) is 79.1 Å². The number of aromatic carboxylic acids is 2. The molecule has 3 N–H and O–H groups in total. The summed E-state index contributed by atoms with van der Waals surface area (Å²) in [6, 6.07) is 20.6. The summed E-state index contributed by atoms with van der Waals surface area (Å²) >= 11 is 0. The predicted molar refractivity (Wildman–Crippen MR) is 242 cm³/mol. The molecule has 4 aromatic rings. The van der Waals surface area contributed by atoms with Crippen LogP contribution in [-0.2, 0) is 9.59 Å². The number of carbonyl (C=O) groups is 4. The van der Waals surface area contributed by atoms with Crippen molar-refractivity contribution in [2.24, 2.45) is 23.7 Å². The molecule has 0 bridgehead atoms. The first-order chi connectivity index (χ1) is 29.9. The number of phenols is 1. The molecule has 2 aliphatic rings.